The Kier molecular flexibility index (Phi) is 5.54. The molecule has 5 nitrogen and oxygen atoms in total. The average Bonchev–Trinajstić information content (AvgIpc) is 2.65. The van der Waals surface area contributed by atoms with Gasteiger partial charge in [-0.3, -0.25) is 4.21 Å². The minimum absolute atomic E-state index is 0.165. The lowest BCUT2D eigenvalue weighted by molar-refractivity contribution is 0.00477. The highest BCUT2D eigenvalue weighted by Crippen LogP contribution is 2.36. The van der Waals surface area contributed by atoms with Gasteiger partial charge in [0.1, 0.15) is 5.60 Å². The van der Waals surface area contributed by atoms with E-state index in [4.69, 9.17) is 4.74 Å². The Morgan fingerprint density at radius 2 is 1.86 bits per heavy atom. The van der Waals surface area contributed by atoms with Crippen LogP contribution in [-0.2, 0) is 15.5 Å². The molecule has 2 bridgehead atoms. The summed E-state index contributed by atoms with van der Waals surface area (Å²) in [5.41, 5.74) is -0.438. The van der Waals surface area contributed by atoms with Crippen LogP contribution in [0.25, 0.3) is 0 Å². The number of nitrogens with zero attached hydrogens (tertiary/aromatic N) is 1. The molecule has 0 spiro atoms. The molecule has 4 atom stereocenters. The number of fused-ring (bicyclic) bond motifs is 2. The molecule has 2 saturated heterocycles. The maximum Gasteiger partial charge on any atom is 0.410 e. The predicted molar refractivity (Wildman–Crippen MR) is 89.4 cm³/mol. The number of carbonyl (C=O) groups is 1. The van der Waals surface area contributed by atoms with E-state index in [-0.39, 0.29) is 23.4 Å². The number of hydrogen-bond donors (Lipinski definition) is 1. The lowest BCUT2D eigenvalue weighted by Gasteiger charge is -2.40. The Labute approximate surface area is 136 Å². The van der Waals surface area contributed by atoms with Crippen molar-refractivity contribution >= 4 is 16.9 Å². The summed E-state index contributed by atoms with van der Waals surface area (Å²) in [5, 5.41) is 3.71. The van der Waals surface area contributed by atoms with E-state index in [1.807, 2.05) is 32.6 Å². The molecular weight excluding hydrogens is 300 g/mol. The van der Waals surface area contributed by atoms with E-state index < -0.39 is 16.4 Å². The molecule has 2 rings (SSSR count). The van der Waals surface area contributed by atoms with E-state index in [1.54, 1.807) is 6.26 Å². The first-order chi connectivity index (χ1) is 10.2. The largest absolute Gasteiger partial charge is 0.444 e. The van der Waals surface area contributed by atoms with Crippen molar-refractivity contribution in [3.05, 3.63) is 0 Å². The maximum atomic E-state index is 12.4. The summed E-state index contributed by atoms with van der Waals surface area (Å²) in [6.45, 7) is 8.52. The van der Waals surface area contributed by atoms with Gasteiger partial charge in [0.15, 0.2) is 0 Å². The highest BCUT2D eigenvalue weighted by molar-refractivity contribution is 7.84. The van der Waals surface area contributed by atoms with Crippen molar-refractivity contribution in [2.75, 3.05) is 12.8 Å². The smallest absolute Gasteiger partial charge is 0.410 e. The molecule has 1 N–H and O–H groups in total. The summed E-state index contributed by atoms with van der Waals surface area (Å²) in [6.07, 6.45) is 5.66. The minimum Gasteiger partial charge on any atom is -0.444 e. The molecule has 128 valence electrons. The van der Waals surface area contributed by atoms with Gasteiger partial charge in [-0.25, -0.2) is 4.79 Å². The van der Waals surface area contributed by atoms with Crippen molar-refractivity contribution in [1.82, 2.24) is 10.2 Å². The van der Waals surface area contributed by atoms with E-state index in [0.717, 1.165) is 32.2 Å². The van der Waals surface area contributed by atoms with E-state index >= 15 is 0 Å². The van der Waals surface area contributed by atoms with E-state index in [0.29, 0.717) is 6.04 Å². The zero-order valence-electron chi connectivity index (χ0n) is 14.4. The third-order valence-corrected chi connectivity index (χ3v) is 5.90. The Morgan fingerprint density at radius 3 is 2.32 bits per heavy atom. The molecule has 0 radical (unpaired) electrons. The summed E-state index contributed by atoms with van der Waals surface area (Å²) < 4.78 is 17.0. The second kappa shape index (κ2) is 6.87. The molecule has 0 saturated carbocycles. The number of hydrogen-bond acceptors (Lipinski definition) is 4. The highest BCUT2D eigenvalue weighted by atomic mass is 32.2. The Balaban J connectivity index is 1.89. The summed E-state index contributed by atoms with van der Waals surface area (Å²) in [6, 6.07) is 0.990. The van der Waals surface area contributed by atoms with Crippen LogP contribution in [0.3, 0.4) is 0 Å². The first kappa shape index (κ1) is 17.7. The number of amides is 1. The standard InChI is InChI=1S/C16H30N2O3S/c1-11(22(5)20)10-17-12-8-13-6-7-14(9-12)18(13)15(19)21-16(2,3)4/h11-14,17H,6-10H2,1-5H3/t11-,13-,14-,22-/m0/s1. The first-order valence-electron chi connectivity index (χ1n) is 8.24. The molecule has 2 fully saturated rings. The van der Waals surface area contributed by atoms with Crippen molar-refractivity contribution in [3.8, 4) is 0 Å². The summed E-state index contributed by atoms with van der Waals surface area (Å²) in [5.74, 6) is 0. The molecular formula is C16H30N2O3S. The molecule has 0 unspecified atom stereocenters. The van der Waals surface area contributed by atoms with E-state index in [2.05, 4.69) is 5.32 Å². The topological polar surface area (TPSA) is 58.6 Å². The van der Waals surface area contributed by atoms with Gasteiger partial charge in [0.25, 0.3) is 0 Å². The van der Waals surface area contributed by atoms with Crippen LogP contribution in [0.5, 0.6) is 0 Å². The highest BCUT2D eigenvalue weighted by Gasteiger charge is 2.44. The van der Waals surface area contributed by atoms with E-state index in [9.17, 15) is 9.00 Å². The van der Waals surface area contributed by atoms with Gasteiger partial charge in [-0.2, -0.15) is 0 Å². The van der Waals surface area contributed by atoms with Crippen LogP contribution in [0, 0.1) is 0 Å². The van der Waals surface area contributed by atoms with Crippen molar-refractivity contribution in [1.29, 1.82) is 0 Å². The van der Waals surface area contributed by atoms with Crippen molar-refractivity contribution < 1.29 is 13.7 Å². The number of piperidine rings is 1. The predicted octanol–water partition coefficient (Wildman–Crippen LogP) is 2.27. The minimum atomic E-state index is -0.789. The van der Waals surface area contributed by atoms with E-state index in [1.165, 1.54) is 0 Å². The quantitative estimate of drug-likeness (QED) is 0.859. The Morgan fingerprint density at radius 1 is 1.32 bits per heavy atom. The van der Waals surface area contributed by atoms with Gasteiger partial charge >= 0.3 is 6.09 Å². The molecule has 6 heteroatoms. The molecule has 0 aliphatic carbocycles. The molecule has 2 aliphatic heterocycles. The van der Waals surface area contributed by atoms with Gasteiger partial charge in [0.2, 0.25) is 0 Å². The second-order valence-corrected chi connectivity index (χ2v) is 9.46. The number of nitrogens with one attached hydrogen (secondary N) is 1. The number of ether oxygens (including phenoxy) is 1. The number of rotatable bonds is 4. The monoisotopic (exact) mass is 330 g/mol. The van der Waals surface area contributed by atoms with Gasteiger partial charge in [0.05, 0.1) is 0 Å². The summed E-state index contributed by atoms with van der Waals surface area (Å²) in [7, 11) is -0.789. The number of carbonyl (C=O) groups excluding carboxylic acids is 1. The summed E-state index contributed by atoms with van der Waals surface area (Å²) in [4.78, 5) is 14.3. The van der Waals surface area contributed by atoms with Crippen LogP contribution in [0.2, 0.25) is 0 Å². The third kappa shape index (κ3) is 4.44. The lowest BCUT2D eigenvalue weighted by Crippen LogP contribution is -2.53. The van der Waals surface area contributed by atoms with Crippen LogP contribution < -0.4 is 5.32 Å². The Bertz CT molecular complexity index is 422. The molecule has 1 amide bonds. The molecule has 0 aromatic rings. The molecule has 22 heavy (non-hydrogen) atoms. The summed E-state index contributed by atoms with van der Waals surface area (Å²) >= 11 is 0. The second-order valence-electron chi connectivity index (χ2n) is 7.66. The molecule has 2 heterocycles. The zero-order valence-corrected chi connectivity index (χ0v) is 15.2. The average molecular weight is 330 g/mol. The fourth-order valence-corrected chi connectivity index (χ4v) is 3.74. The Hall–Kier alpha value is -0.620. The fourth-order valence-electron chi connectivity index (χ4n) is 3.41. The first-order valence-corrected chi connectivity index (χ1v) is 9.86. The van der Waals surface area contributed by atoms with Gasteiger partial charge < -0.3 is 15.0 Å². The lowest BCUT2D eigenvalue weighted by atomic mass is 9.97. The third-order valence-electron chi connectivity index (χ3n) is 4.60. The van der Waals surface area contributed by atoms with Gasteiger partial charge in [-0.05, 0) is 53.4 Å². The molecule has 0 aromatic heterocycles. The van der Waals surface area contributed by atoms with Crippen LogP contribution in [0.1, 0.15) is 53.4 Å². The van der Waals surface area contributed by atoms with Crippen molar-refractivity contribution in [2.24, 2.45) is 0 Å². The fraction of sp³-hybridized carbons (Fsp3) is 0.938. The van der Waals surface area contributed by atoms with Crippen LogP contribution in [-0.4, -0.2) is 57.0 Å². The van der Waals surface area contributed by atoms with Crippen molar-refractivity contribution in [3.63, 3.8) is 0 Å². The zero-order chi connectivity index (χ0) is 16.5. The van der Waals surface area contributed by atoms with Gasteiger partial charge in [0, 0.05) is 47.0 Å². The van der Waals surface area contributed by atoms with Crippen LogP contribution in [0.4, 0.5) is 4.79 Å². The van der Waals surface area contributed by atoms with Gasteiger partial charge in [-0.1, -0.05) is 0 Å². The normalized spacial score (nSPS) is 31.0. The molecule has 2 aliphatic rings. The van der Waals surface area contributed by atoms with Crippen molar-refractivity contribution in [2.45, 2.75) is 82.4 Å². The van der Waals surface area contributed by atoms with Crippen LogP contribution in [0.15, 0.2) is 0 Å². The van der Waals surface area contributed by atoms with Crippen LogP contribution >= 0.6 is 0 Å². The maximum absolute atomic E-state index is 12.4. The van der Waals surface area contributed by atoms with Gasteiger partial charge in [-0.15, -0.1) is 0 Å². The molecule has 0 aromatic carbocycles. The SMILES string of the molecule is C[C@@H](CNC1C[C@@H]2CC[C@@H](C1)N2C(=O)OC(C)(C)C)[S@](C)=O.